The molecule has 3 aromatic rings. The van der Waals surface area contributed by atoms with Gasteiger partial charge in [-0.05, 0) is 36.4 Å². The third-order valence-electron chi connectivity index (χ3n) is 4.76. The number of hydrogen-bond donors (Lipinski definition) is 1. The van der Waals surface area contributed by atoms with Gasteiger partial charge in [-0.1, -0.05) is 36.4 Å². The van der Waals surface area contributed by atoms with Crippen molar-refractivity contribution in [2.24, 2.45) is 0 Å². The summed E-state index contributed by atoms with van der Waals surface area (Å²) >= 11 is 0. The Hall–Kier alpha value is -4.13. The molecule has 0 radical (unpaired) electrons. The van der Waals surface area contributed by atoms with E-state index in [1.807, 2.05) is 6.07 Å². The predicted molar refractivity (Wildman–Crippen MR) is 112 cm³/mol. The maximum Gasteiger partial charge on any atom is 0.308 e. The Kier molecular flexibility index (Phi) is 5.17. The summed E-state index contributed by atoms with van der Waals surface area (Å²) in [5, 5.41) is 2.91. The van der Waals surface area contributed by atoms with Gasteiger partial charge < -0.3 is 19.5 Å². The number of carbonyl (C=O) groups excluding carboxylic acids is 3. The van der Waals surface area contributed by atoms with Crippen LogP contribution in [0.2, 0.25) is 0 Å². The summed E-state index contributed by atoms with van der Waals surface area (Å²) in [6, 6.07) is 20.2. The zero-order valence-electron chi connectivity index (χ0n) is 16.9. The Balaban J connectivity index is 1.82. The predicted octanol–water partition coefficient (Wildman–Crippen LogP) is 3.81. The Bertz CT molecular complexity index is 1090. The van der Waals surface area contributed by atoms with E-state index in [9.17, 15) is 14.4 Å². The molecule has 7 nitrogen and oxygen atoms in total. The number of rotatable bonds is 4. The highest BCUT2D eigenvalue weighted by molar-refractivity contribution is 6.03. The number of anilines is 1. The molecule has 156 valence electrons. The second-order valence-corrected chi connectivity index (χ2v) is 6.97. The molecule has 0 spiro atoms. The summed E-state index contributed by atoms with van der Waals surface area (Å²) in [6.45, 7) is 2.63. The molecular weight excluding hydrogens is 398 g/mol. The topological polar surface area (TPSA) is 90.9 Å². The maximum atomic E-state index is 13.4. The van der Waals surface area contributed by atoms with Gasteiger partial charge in [-0.25, -0.2) is 0 Å². The Morgan fingerprint density at radius 1 is 0.774 bits per heavy atom. The Morgan fingerprint density at radius 2 is 1.26 bits per heavy atom. The van der Waals surface area contributed by atoms with Crippen LogP contribution in [0.1, 0.15) is 25.0 Å². The van der Waals surface area contributed by atoms with Gasteiger partial charge in [0, 0.05) is 25.0 Å². The van der Waals surface area contributed by atoms with Crippen molar-refractivity contribution in [1.82, 2.24) is 0 Å². The fourth-order valence-corrected chi connectivity index (χ4v) is 3.47. The molecule has 4 rings (SSSR count). The molecule has 1 amide bonds. The average Bonchev–Trinajstić information content (AvgIpc) is 2.74. The summed E-state index contributed by atoms with van der Waals surface area (Å²) in [7, 11) is 0. The van der Waals surface area contributed by atoms with Crippen molar-refractivity contribution in [3.05, 3.63) is 83.9 Å². The second kappa shape index (κ2) is 7.95. The number of nitrogens with one attached hydrogen (secondary N) is 1. The quantitative estimate of drug-likeness (QED) is 0.513. The first-order chi connectivity index (χ1) is 14.9. The molecule has 0 saturated carbocycles. The van der Waals surface area contributed by atoms with Crippen LogP contribution in [-0.4, -0.2) is 17.8 Å². The molecule has 7 heteroatoms. The zero-order valence-corrected chi connectivity index (χ0v) is 16.9. The number of carbonyl (C=O) groups is 3. The van der Waals surface area contributed by atoms with E-state index >= 15 is 0 Å². The molecule has 0 fully saturated rings. The van der Waals surface area contributed by atoms with E-state index in [2.05, 4.69) is 5.32 Å². The Morgan fingerprint density at radius 3 is 1.74 bits per heavy atom. The number of fused-ring (bicyclic) bond motifs is 1. The van der Waals surface area contributed by atoms with Crippen molar-refractivity contribution in [2.45, 2.75) is 19.4 Å². The van der Waals surface area contributed by atoms with Crippen LogP contribution < -0.4 is 19.5 Å². The number of esters is 2. The monoisotopic (exact) mass is 417 g/mol. The summed E-state index contributed by atoms with van der Waals surface area (Å²) in [6.07, 6.45) is 0. The molecule has 1 N–H and O–H groups in total. The highest BCUT2D eigenvalue weighted by atomic mass is 16.5. The molecule has 0 aliphatic carbocycles. The van der Waals surface area contributed by atoms with E-state index in [-0.39, 0.29) is 5.91 Å². The third-order valence-corrected chi connectivity index (χ3v) is 4.76. The minimum atomic E-state index is -1.50. The van der Waals surface area contributed by atoms with Gasteiger partial charge in [0.1, 0.15) is 17.2 Å². The van der Waals surface area contributed by atoms with E-state index in [0.717, 1.165) is 0 Å². The first-order valence-electron chi connectivity index (χ1n) is 9.56. The first-order valence-corrected chi connectivity index (χ1v) is 9.56. The fourth-order valence-electron chi connectivity index (χ4n) is 3.47. The summed E-state index contributed by atoms with van der Waals surface area (Å²) in [4.78, 5) is 35.9. The van der Waals surface area contributed by atoms with Crippen molar-refractivity contribution >= 4 is 23.5 Å². The van der Waals surface area contributed by atoms with E-state index < -0.39 is 17.5 Å². The minimum Gasteiger partial charge on any atom is -0.466 e. The third kappa shape index (κ3) is 3.85. The molecule has 0 atom stereocenters. The molecule has 0 unspecified atom stereocenters. The molecule has 3 aromatic carbocycles. The second-order valence-electron chi connectivity index (χ2n) is 6.97. The lowest BCUT2D eigenvalue weighted by molar-refractivity contribution is -0.132. The normalized spacial score (nSPS) is 13.9. The average molecular weight is 417 g/mol. The smallest absolute Gasteiger partial charge is 0.308 e. The van der Waals surface area contributed by atoms with E-state index in [0.29, 0.717) is 34.1 Å². The summed E-state index contributed by atoms with van der Waals surface area (Å²) < 4.78 is 16.5. The standard InChI is InChI=1S/C24H19NO6/c1-15(26)29-19-11-7-17(8-12-19)24(18-9-13-20(14-10-18)30-16(2)27)23(28)25-21-5-3-4-6-22(21)31-24/h3-14H,1-2H3,(H,25,28). The number of hydrogen-bond acceptors (Lipinski definition) is 6. The van der Waals surface area contributed by atoms with Crippen molar-refractivity contribution in [3.63, 3.8) is 0 Å². The van der Waals surface area contributed by atoms with Crippen LogP contribution in [0.4, 0.5) is 5.69 Å². The van der Waals surface area contributed by atoms with Gasteiger partial charge in [0.15, 0.2) is 0 Å². The number of para-hydroxylation sites is 2. The Labute approximate surface area is 178 Å². The van der Waals surface area contributed by atoms with Gasteiger partial charge in [-0.2, -0.15) is 0 Å². The molecule has 1 heterocycles. The molecule has 31 heavy (non-hydrogen) atoms. The van der Waals surface area contributed by atoms with Crippen LogP contribution in [0.3, 0.4) is 0 Å². The van der Waals surface area contributed by atoms with Crippen LogP contribution in [0.15, 0.2) is 72.8 Å². The largest absolute Gasteiger partial charge is 0.466 e. The van der Waals surface area contributed by atoms with Gasteiger partial charge >= 0.3 is 11.9 Å². The molecule has 0 bridgehead atoms. The molecular formula is C24H19NO6. The highest BCUT2D eigenvalue weighted by Crippen LogP contribution is 2.43. The number of amides is 1. The zero-order chi connectivity index (χ0) is 22.0. The summed E-state index contributed by atoms with van der Waals surface area (Å²) in [5.74, 6) is -0.0448. The van der Waals surface area contributed by atoms with Crippen LogP contribution in [0.5, 0.6) is 17.2 Å². The molecule has 1 aliphatic rings. The highest BCUT2D eigenvalue weighted by Gasteiger charge is 2.48. The van der Waals surface area contributed by atoms with Gasteiger partial charge in [0.05, 0.1) is 5.69 Å². The molecule has 0 aromatic heterocycles. The fraction of sp³-hybridized carbons (Fsp3) is 0.125. The van der Waals surface area contributed by atoms with Crippen molar-refractivity contribution in [1.29, 1.82) is 0 Å². The van der Waals surface area contributed by atoms with Gasteiger partial charge in [-0.3, -0.25) is 14.4 Å². The summed E-state index contributed by atoms with van der Waals surface area (Å²) in [5.41, 5.74) is 0.139. The van der Waals surface area contributed by atoms with E-state index in [1.165, 1.54) is 13.8 Å². The van der Waals surface area contributed by atoms with Crippen molar-refractivity contribution in [3.8, 4) is 17.2 Å². The van der Waals surface area contributed by atoms with Crippen LogP contribution in [0, 0.1) is 0 Å². The molecule has 1 aliphatic heterocycles. The van der Waals surface area contributed by atoms with Crippen molar-refractivity contribution in [2.75, 3.05) is 5.32 Å². The lowest BCUT2D eigenvalue weighted by Gasteiger charge is -2.38. The van der Waals surface area contributed by atoms with Gasteiger partial charge in [-0.15, -0.1) is 0 Å². The van der Waals surface area contributed by atoms with Gasteiger partial charge in [0.25, 0.3) is 5.91 Å². The van der Waals surface area contributed by atoms with Crippen LogP contribution in [0.25, 0.3) is 0 Å². The van der Waals surface area contributed by atoms with E-state index in [1.54, 1.807) is 66.7 Å². The molecule has 0 saturated heterocycles. The lowest BCUT2D eigenvalue weighted by Crippen LogP contribution is -2.49. The lowest BCUT2D eigenvalue weighted by atomic mass is 9.84. The first kappa shape index (κ1) is 20.2. The van der Waals surface area contributed by atoms with Crippen molar-refractivity contribution < 1.29 is 28.6 Å². The number of ether oxygens (including phenoxy) is 3. The van der Waals surface area contributed by atoms with Crippen LogP contribution in [-0.2, 0) is 20.0 Å². The van der Waals surface area contributed by atoms with Crippen LogP contribution >= 0.6 is 0 Å². The maximum absolute atomic E-state index is 13.4. The van der Waals surface area contributed by atoms with Gasteiger partial charge in [0.2, 0.25) is 5.60 Å². The minimum absolute atomic E-state index is 0.355. The number of benzene rings is 3. The van der Waals surface area contributed by atoms with E-state index in [4.69, 9.17) is 14.2 Å². The SMILES string of the molecule is CC(=O)Oc1ccc(C2(c3ccc(OC(C)=O)cc3)Oc3ccccc3NC2=O)cc1.